The van der Waals surface area contributed by atoms with Gasteiger partial charge in [0.2, 0.25) is 0 Å². The number of aromatic nitrogens is 1. The van der Waals surface area contributed by atoms with Crippen LogP contribution in [-0.4, -0.2) is 22.0 Å². The molecule has 2 N–H and O–H groups in total. The van der Waals surface area contributed by atoms with Crippen molar-refractivity contribution in [3.8, 4) is 0 Å². The molecule has 0 spiro atoms. The van der Waals surface area contributed by atoms with Gasteiger partial charge in [0.25, 0.3) is 0 Å². The van der Waals surface area contributed by atoms with Crippen LogP contribution in [0.4, 0.5) is 5.69 Å². The first-order valence-corrected chi connectivity index (χ1v) is 8.71. The maximum absolute atomic E-state index is 12.3. The minimum Gasteiger partial charge on any atom is -0.321 e. The van der Waals surface area contributed by atoms with Crippen molar-refractivity contribution in [1.29, 1.82) is 0 Å². The Kier molecular flexibility index (Phi) is 4.84. The van der Waals surface area contributed by atoms with Crippen LogP contribution in [0.5, 0.6) is 0 Å². The summed E-state index contributed by atoms with van der Waals surface area (Å²) in [5.74, 6) is -0.0449. The number of carbonyl (C=O) groups is 1. The fourth-order valence-electron chi connectivity index (χ4n) is 2.95. The number of benzene rings is 1. The lowest BCUT2D eigenvalue weighted by atomic mass is 9.80. The number of pyridine rings is 1. The third-order valence-electron chi connectivity index (χ3n) is 4.69. The third kappa shape index (κ3) is 3.41. The van der Waals surface area contributed by atoms with E-state index in [1.54, 1.807) is 30.5 Å². The molecule has 4 nitrogen and oxygen atoms in total. The summed E-state index contributed by atoms with van der Waals surface area (Å²) >= 11 is 6.03. The Morgan fingerprint density at radius 2 is 1.96 bits per heavy atom. The van der Waals surface area contributed by atoms with E-state index in [0.717, 1.165) is 16.6 Å². The van der Waals surface area contributed by atoms with Gasteiger partial charge < -0.3 is 5.73 Å². The minimum absolute atomic E-state index is 0.0449. The van der Waals surface area contributed by atoms with Crippen molar-refractivity contribution in [1.82, 2.24) is 4.98 Å². The van der Waals surface area contributed by atoms with Gasteiger partial charge in [-0.3, -0.25) is 9.78 Å². The second kappa shape index (κ2) is 6.90. The van der Waals surface area contributed by atoms with Crippen LogP contribution >= 0.6 is 11.6 Å². The van der Waals surface area contributed by atoms with Crippen molar-refractivity contribution >= 4 is 39.7 Å². The van der Waals surface area contributed by atoms with Crippen molar-refractivity contribution in [2.45, 2.75) is 32.2 Å². The molecule has 0 bridgehead atoms. The van der Waals surface area contributed by atoms with Crippen LogP contribution in [0.3, 0.4) is 0 Å². The minimum atomic E-state index is -0.629. The molecule has 128 valence electrons. The van der Waals surface area contributed by atoms with Gasteiger partial charge in [0.1, 0.15) is 0 Å². The Labute approximate surface area is 152 Å². The van der Waals surface area contributed by atoms with Gasteiger partial charge in [-0.1, -0.05) is 25.4 Å². The molecule has 0 atom stereocenters. The molecule has 1 heterocycles. The lowest BCUT2D eigenvalue weighted by molar-refractivity contribution is -0.112. The number of hydrogen-bond donors (Lipinski definition) is 1. The molecule has 0 radical (unpaired) electrons. The third-order valence-corrected chi connectivity index (χ3v) is 4.93. The number of allylic oxidation sites excluding steroid dienone is 3. The van der Waals surface area contributed by atoms with E-state index >= 15 is 0 Å². The van der Waals surface area contributed by atoms with Crippen LogP contribution in [0.25, 0.3) is 10.9 Å². The van der Waals surface area contributed by atoms with Crippen molar-refractivity contribution in [2.24, 2.45) is 10.7 Å². The molecule has 0 amide bonds. The molecule has 2 aromatic rings. The summed E-state index contributed by atoms with van der Waals surface area (Å²) in [5.41, 5.74) is 8.67. The Morgan fingerprint density at radius 1 is 1.20 bits per heavy atom. The predicted octanol–water partition coefficient (Wildman–Crippen LogP) is 4.54. The molecule has 1 aromatic heterocycles. The van der Waals surface area contributed by atoms with E-state index in [9.17, 15) is 4.79 Å². The van der Waals surface area contributed by atoms with Crippen LogP contribution in [0, 0.1) is 0 Å². The Bertz CT molecular complexity index is 924. The van der Waals surface area contributed by atoms with E-state index in [0.29, 0.717) is 29.1 Å². The highest BCUT2D eigenvalue weighted by Crippen LogP contribution is 2.29. The van der Waals surface area contributed by atoms with Gasteiger partial charge in [0.05, 0.1) is 16.9 Å². The zero-order valence-corrected chi connectivity index (χ0v) is 15.0. The van der Waals surface area contributed by atoms with E-state index in [1.165, 1.54) is 0 Å². The van der Waals surface area contributed by atoms with Crippen LogP contribution in [0.1, 0.15) is 26.7 Å². The molecular weight excluding hydrogens is 334 g/mol. The van der Waals surface area contributed by atoms with E-state index in [1.807, 2.05) is 32.0 Å². The molecule has 1 aliphatic carbocycles. The Balaban J connectivity index is 2.09. The lowest BCUT2D eigenvalue weighted by Gasteiger charge is -2.29. The van der Waals surface area contributed by atoms with Gasteiger partial charge in [0, 0.05) is 27.7 Å². The number of nitrogens with zero attached hydrogens (tertiary/aromatic N) is 2. The number of carbonyl (C=O) groups excluding carboxylic acids is 1. The zero-order chi connectivity index (χ0) is 18.0. The largest absolute Gasteiger partial charge is 0.321 e. The summed E-state index contributed by atoms with van der Waals surface area (Å²) in [4.78, 5) is 21.3. The number of aliphatic imine (C=N–C) groups is 1. The SMILES string of the molecule is CCC(N)(CC)C1=C/C(=N\c2ccnc3cc(Cl)ccc23)C=CC1=O. The fraction of sp³-hybridized carbons (Fsp3) is 0.250. The first-order chi connectivity index (χ1) is 12.0. The Morgan fingerprint density at radius 3 is 2.68 bits per heavy atom. The molecule has 1 aliphatic rings. The molecule has 25 heavy (non-hydrogen) atoms. The average molecular weight is 354 g/mol. The number of hydrogen-bond acceptors (Lipinski definition) is 4. The zero-order valence-electron chi connectivity index (χ0n) is 14.3. The maximum Gasteiger partial charge on any atom is 0.183 e. The highest BCUT2D eigenvalue weighted by molar-refractivity contribution is 6.31. The number of fused-ring (bicyclic) bond motifs is 1. The van der Waals surface area contributed by atoms with Gasteiger partial charge in [0.15, 0.2) is 5.78 Å². The van der Waals surface area contributed by atoms with E-state index in [2.05, 4.69) is 4.98 Å². The second-order valence-electron chi connectivity index (χ2n) is 6.15. The van der Waals surface area contributed by atoms with Crippen LogP contribution in [-0.2, 0) is 4.79 Å². The fourth-order valence-corrected chi connectivity index (χ4v) is 3.12. The van der Waals surface area contributed by atoms with Gasteiger partial charge >= 0.3 is 0 Å². The molecule has 3 rings (SSSR count). The first-order valence-electron chi connectivity index (χ1n) is 8.33. The summed E-state index contributed by atoms with van der Waals surface area (Å²) in [7, 11) is 0. The maximum atomic E-state index is 12.3. The van der Waals surface area contributed by atoms with Crippen molar-refractivity contribution in [2.75, 3.05) is 0 Å². The molecule has 0 saturated heterocycles. The highest BCUT2D eigenvalue weighted by atomic mass is 35.5. The molecular formula is C20H20ClN3O. The standard InChI is InChI=1S/C20H20ClN3O/c1-3-20(22,4-2)16-12-14(6-8-19(16)25)24-17-9-10-23-18-11-13(21)5-7-15(17)18/h5-12H,3-4,22H2,1-2H3/b24-14-. The van der Waals surface area contributed by atoms with Gasteiger partial charge in [-0.15, -0.1) is 0 Å². The van der Waals surface area contributed by atoms with Crippen molar-refractivity contribution < 1.29 is 4.79 Å². The van der Waals surface area contributed by atoms with Crippen molar-refractivity contribution in [3.05, 3.63) is 59.3 Å². The smallest absolute Gasteiger partial charge is 0.183 e. The van der Waals surface area contributed by atoms with Gasteiger partial charge in [-0.25, -0.2) is 4.99 Å². The quantitative estimate of drug-likeness (QED) is 0.820. The molecule has 1 aromatic carbocycles. The number of nitrogens with two attached hydrogens (primary N) is 1. The predicted molar refractivity (Wildman–Crippen MR) is 104 cm³/mol. The second-order valence-corrected chi connectivity index (χ2v) is 6.58. The highest BCUT2D eigenvalue weighted by Gasteiger charge is 2.31. The van der Waals surface area contributed by atoms with Crippen LogP contribution in [0.15, 0.2) is 59.3 Å². The van der Waals surface area contributed by atoms with Gasteiger partial charge in [-0.05, 0) is 55.3 Å². The molecule has 0 aliphatic heterocycles. The Hall–Kier alpha value is -2.30. The first kappa shape index (κ1) is 17.5. The summed E-state index contributed by atoms with van der Waals surface area (Å²) < 4.78 is 0. The topological polar surface area (TPSA) is 68.3 Å². The monoisotopic (exact) mass is 353 g/mol. The molecule has 0 unspecified atom stereocenters. The summed E-state index contributed by atoms with van der Waals surface area (Å²) in [6.45, 7) is 3.99. The van der Waals surface area contributed by atoms with Crippen molar-refractivity contribution in [3.63, 3.8) is 0 Å². The van der Waals surface area contributed by atoms with E-state index in [-0.39, 0.29) is 5.78 Å². The molecule has 0 fully saturated rings. The number of ketones is 1. The summed E-state index contributed by atoms with van der Waals surface area (Å²) in [5, 5.41) is 1.54. The van der Waals surface area contributed by atoms with Crippen LogP contribution < -0.4 is 5.73 Å². The molecule has 0 saturated carbocycles. The molecule has 5 heteroatoms. The van der Waals surface area contributed by atoms with Gasteiger partial charge in [-0.2, -0.15) is 0 Å². The normalized spacial score (nSPS) is 16.6. The average Bonchev–Trinajstić information content (AvgIpc) is 2.62. The number of rotatable bonds is 4. The van der Waals surface area contributed by atoms with Crippen LogP contribution in [0.2, 0.25) is 5.02 Å². The summed E-state index contributed by atoms with van der Waals surface area (Å²) in [6.07, 6.45) is 8.15. The van der Waals surface area contributed by atoms with E-state index in [4.69, 9.17) is 22.3 Å². The van der Waals surface area contributed by atoms with E-state index < -0.39 is 5.54 Å². The summed E-state index contributed by atoms with van der Waals surface area (Å²) in [6, 6.07) is 7.37. The lowest BCUT2D eigenvalue weighted by Crippen LogP contribution is -2.43. The number of halogens is 1.